The zero-order valence-corrected chi connectivity index (χ0v) is 19.8. The van der Waals surface area contributed by atoms with Crippen molar-refractivity contribution in [3.8, 4) is 5.75 Å². The molecule has 0 spiro atoms. The summed E-state index contributed by atoms with van der Waals surface area (Å²) in [6, 6.07) is 29.8. The van der Waals surface area contributed by atoms with Crippen molar-refractivity contribution in [1.29, 1.82) is 0 Å². The maximum Gasteiger partial charge on any atom is 0.272 e. The van der Waals surface area contributed by atoms with E-state index < -0.39 is 0 Å². The Balaban J connectivity index is 1.35. The number of aromatic nitrogens is 1. The second-order valence-electron chi connectivity index (χ2n) is 8.28. The Kier molecular flexibility index (Phi) is 6.80. The van der Waals surface area contributed by atoms with Crippen LogP contribution in [-0.4, -0.2) is 29.9 Å². The smallest absolute Gasteiger partial charge is 0.272 e. The molecule has 5 rings (SSSR count). The van der Waals surface area contributed by atoms with Crippen LogP contribution in [-0.2, 0) is 0 Å². The van der Waals surface area contributed by atoms with Crippen molar-refractivity contribution < 1.29 is 9.53 Å². The lowest BCUT2D eigenvalue weighted by molar-refractivity contribution is 0.0955. The van der Waals surface area contributed by atoms with Crippen LogP contribution < -0.4 is 15.2 Å². The molecule has 7 heteroatoms. The first-order valence-corrected chi connectivity index (χ1v) is 11.6. The maximum absolute atomic E-state index is 12.1. The average Bonchev–Trinajstić information content (AvgIpc) is 3.40. The predicted molar refractivity (Wildman–Crippen MR) is 142 cm³/mol. The van der Waals surface area contributed by atoms with Crippen molar-refractivity contribution in [2.45, 2.75) is 12.5 Å². The van der Waals surface area contributed by atoms with Gasteiger partial charge in [-0.2, -0.15) is 10.2 Å². The molecule has 7 nitrogen and oxygen atoms in total. The summed E-state index contributed by atoms with van der Waals surface area (Å²) in [5.74, 6) is 0.518. The van der Waals surface area contributed by atoms with Crippen molar-refractivity contribution >= 4 is 23.5 Å². The van der Waals surface area contributed by atoms with Crippen LogP contribution in [0.4, 0.5) is 5.69 Å². The fraction of sp³-hybridized carbons (Fsp3) is 0.103. The van der Waals surface area contributed by atoms with Gasteiger partial charge in [-0.15, -0.1) is 0 Å². The van der Waals surface area contributed by atoms with Gasteiger partial charge >= 0.3 is 0 Å². The highest BCUT2D eigenvalue weighted by Gasteiger charge is 2.29. The Morgan fingerprint density at radius 2 is 1.78 bits per heavy atom. The first-order valence-electron chi connectivity index (χ1n) is 11.6. The summed E-state index contributed by atoms with van der Waals surface area (Å²) in [4.78, 5) is 16.1. The maximum atomic E-state index is 12.1. The molecule has 0 radical (unpaired) electrons. The third-order valence-electron chi connectivity index (χ3n) is 5.98. The zero-order valence-electron chi connectivity index (χ0n) is 19.8. The van der Waals surface area contributed by atoms with Crippen molar-refractivity contribution in [2.24, 2.45) is 10.2 Å². The molecule has 3 aromatic carbocycles. The number of anilines is 1. The van der Waals surface area contributed by atoms with Crippen LogP contribution in [0.2, 0.25) is 0 Å². The molecule has 2 heterocycles. The van der Waals surface area contributed by atoms with Crippen LogP contribution >= 0.6 is 0 Å². The van der Waals surface area contributed by atoms with Gasteiger partial charge in [-0.25, -0.2) is 5.43 Å². The monoisotopic (exact) mass is 475 g/mol. The van der Waals surface area contributed by atoms with Gasteiger partial charge in [0, 0.05) is 18.8 Å². The van der Waals surface area contributed by atoms with Crippen LogP contribution in [0.3, 0.4) is 0 Å². The van der Waals surface area contributed by atoms with Crippen molar-refractivity contribution in [3.63, 3.8) is 0 Å². The number of ether oxygens (including phenoxy) is 1. The van der Waals surface area contributed by atoms with Gasteiger partial charge < -0.3 is 4.74 Å². The SMILES string of the molecule is COc1ccc(C2CC(c3ccccc3)=NN2c2ccc(C=NNC(=O)c3cccnc3)cc2)cc1. The topological polar surface area (TPSA) is 79.2 Å². The molecule has 0 aliphatic carbocycles. The Morgan fingerprint density at radius 3 is 2.47 bits per heavy atom. The molecule has 1 unspecified atom stereocenters. The van der Waals surface area contributed by atoms with Gasteiger partial charge in [0.2, 0.25) is 0 Å². The van der Waals surface area contributed by atoms with Crippen LogP contribution in [0.1, 0.15) is 39.5 Å². The van der Waals surface area contributed by atoms with E-state index in [4.69, 9.17) is 9.84 Å². The summed E-state index contributed by atoms with van der Waals surface area (Å²) in [6.45, 7) is 0. The highest BCUT2D eigenvalue weighted by Crippen LogP contribution is 2.37. The standard InChI is InChI=1S/C29H25N5O2/c1-36-26-15-11-23(12-16-26)28-18-27(22-6-3-2-4-7-22)33-34(28)25-13-9-21(10-14-25)19-31-32-29(35)24-8-5-17-30-20-24/h2-17,19-20,28H,18H2,1H3,(H,32,35). The average molecular weight is 476 g/mol. The van der Waals surface area contributed by atoms with Crippen molar-refractivity contribution in [3.05, 3.63) is 126 Å². The number of hydrogen-bond donors (Lipinski definition) is 1. The molecule has 1 N–H and O–H groups in total. The first-order chi connectivity index (χ1) is 17.7. The van der Waals surface area contributed by atoms with E-state index in [1.807, 2.05) is 54.6 Å². The van der Waals surface area contributed by atoms with Gasteiger partial charge in [0.05, 0.1) is 36.3 Å². The van der Waals surface area contributed by atoms with Gasteiger partial charge in [0.1, 0.15) is 5.75 Å². The molecule has 0 bridgehead atoms. The number of nitrogens with one attached hydrogen (secondary N) is 1. The molecular weight excluding hydrogens is 450 g/mol. The van der Waals surface area contributed by atoms with E-state index in [0.29, 0.717) is 5.56 Å². The highest BCUT2D eigenvalue weighted by molar-refractivity contribution is 6.03. The summed E-state index contributed by atoms with van der Waals surface area (Å²) in [6.07, 6.45) is 5.52. The van der Waals surface area contributed by atoms with E-state index in [0.717, 1.165) is 40.3 Å². The Morgan fingerprint density at radius 1 is 1.00 bits per heavy atom. The first kappa shape index (κ1) is 23.0. The molecule has 1 aromatic heterocycles. The summed E-state index contributed by atoms with van der Waals surface area (Å²) < 4.78 is 5.34. The number of methoxy groups -OCH3 is 1. The van der Waals surface area contributed by atoms with Crippen LogP contribution in [0, 0.1) is 0 Å². The lowest BCUT2D eigenvalue weighted by Crippen LogP contribution is -2.18. The molecule has 36 heavy (non-hydrogen) atoms. The lowest BCUT2D eigenvalue weighted by atomic mass is 9.98. The van der Waals surface area contributed by atoms with Gasteiger partial charge in [-0.1, -0.05) is 54.6 Å². The lowest BCUT2D eigenvalue weighted by Gasteiger charge is -2.24. The number of pyridine rings is 1. The van der Waals surface area contributed by atoms with E-state index in [2.05, 4.69) is 44.8 Å². The molecule has 1 atom stereocenters. The predicted octanol–water partition coefficient (Wildman–Crippen LogP) is 5.21. The number of hydrazone groups is 2. The van der Waals surface area contributed by atoms with E-state index >= 15 is 0 Å². The number of amides is 1. The van der Waals surface area contributed by atoms with Gasteiger partial charge in [-0.05, 0) is 53.1 Å². The molecule has 1 aliphatic rings. The third kappa shape index (κ3) is 5.15. The van der Waals surface area contributed by atoms with Crippen molar-refractivity contribution in [1.82, 2.24) is 10.4 Å². The van der Waals surface area contributed by atoms with E-state index in [-0.39, 0.29) is 11.9 Å². The molecule has 0 fully saturated rings. The van der Waals surface area contributed by atoms with E-state index in [1.165, 1.54) is 6.20 Å². The molecule has 1 amide bonds. The molecule has 4 aromatic rings. The fourth-order valence-corrected chi connectivity index (χ4v) is 4.08. The minimum absolute atomic E-state index is 0.0596. The summed E-state index contributed by atoms with van der Waals surface area (Å²) in [5, 5.41) is 11.1. The molecule has 178 valence electrons. The second-order valence-corrected chi connectivity index (χ2v) is 8.28. The van der Waals surface area contributed by atoms with E-state index in [9.17, 15) is 4.79 Å². The minimum Gasteiger partial charge on any atom is -0.497 e. The largest absolute Gasteiger partial charge is 0.497 e. The number of hydrogen-bond acceptors (Lipinski definition) is 6. The number of rotatable bonds is 7. The van der Waals surface area contributed by atoms with Crippen LogP contribution in [0.5, 0.6) is 5.75 Å². The van der Waals surface area contributed by atoms with Crippen molar-refractivity contribution in [2.75, 3.05) is 12.1 Å². The Bertz CT molecular complexity index is 1370. The normalized spacial score (nSPS) is 15.1. The summed E-state index contributed by atoms with van der Waals surface area (Å²) in [5.41, 5.74) is 8.13. The van der Waals surface area contributed by atoms with Gasteiger partial charge in [0.25, 0.3) is 5.91 Å². The molecule has 1 aliphatic heterocycles. The molecule has 0 saturated carbocycles. The number of nitrogens with zero attached hydrogens (tertiary/aromatic N) is 4. The highest BCUT2D eigenvalue weighted by atomic mass is 16.5. The third-order valence-corrected chi connectivity index (χ3v) is 5.98. The fourth-order valence-electron chi connectivity index (χ4n) is 4.08. The van der Waals surface area contributed by atoms with Gasteiger partial charge in [0.15, 0.2) is 0 Å². The molecular formula is C29H25N5O2. The van der Waals surface area contributed by atoms with Crippen LogP contribution in [0.15, 0.2) is 114 Å². The number of carbonyl (C=O) groups excluding carboxylic acids is 1. The quantitative estimate of drug-likeness (QED) is 0.294. The van der Waals surface area contributed by atoms with Crippen LogP contribution in [0.25, 0.3) is 0 Å². The minimum atomic E-state index is -0.307. The zero-order chi connectivity index (χ0) is 24.7. The van der Waals surface area contributed by atoms with Gasteiger partial charge in [-0.3, -0.25) is 14.8 Å². The Hall–Kier alpha value is -4.78. The number of carbonyl (C=O) groups is 1. The second kappa shape index (κ2) is 10.7. The molecule has 0 saturated heterocycles. The summed E-state index contributed by atoms with van der Waals surface area (Å²) in [7, 11) is 1.67. The Labute approximate surface area is 209 Å². The summed E-state index contributed by atoms with van der Waals surface area (Å²) >= 11 is 0. The van der Waals surface area contributed by atoms with E-state index in [1.54, 1.807) is 31.7 Å². The number of benzene rings is 3.